The molecule has 0 saturated carbocycles. The van der Waals surface area contributed by atoms with Gasteiger partial charge < -0.3 is 42.7 Å². The van der Waals surface area contributed by atoms with Crippen LogP contribution in [0, 0.1) is 94.7 Å². The van der Waals surface area contributed by atoms with Gasteiger partial charge in [0.25, 0.3) is 0 Å². The van der Waals surface area contributed by atoms with E-state index in [1.807, 2.05) is 27.7 Å². The van der Waals surface area contributed by atoms with Crippen LogP contribution < -0.4 is 0 Å². The van der Waals surface area contributed by atoms with Crippen molar-refractivity contribution in [2.45, 2.75) is 220 Å². The molecule has 0 amide bonds. The van der Waals surface area contributed by atoms with Crippen LogP contribution in [0.15, 0.2) is 0 Å². The summed E-state index contributed by atoms with van der Waals surface area (Å²) in [7, 11) is 0. The first-order valence-electron chi connectivity index (χ1n) is 30.4. The Morgan fingerprint density at radius 2 is 0.472 bits per heavy atom. The van der Waals surface area contributed by atoms with E-state index in [4.69, 9.17) is 37.9 Å². The molecule has 0 unspecified atom stereocenters. The summed E-state index contributed by atoms with van der Waals surface area (Å²) in [5.74, 6) is 46.0. The van der Waals surface area contributed by atoms with Gasteiger partial charge in [0.2, 0.25) is 0 Å². The molecule has 0 aliphatic carbocycles. The third kappa shape index (κ3) is 151. The van der Waals surface area contributed by atoms with Gasteiger partial charge in [-0.25, -0.2) is 0 Å². The van der Waals surface area contributed by atoms with Crippen molar-refractivity contribution in [3.63, 3.8) is 0 Å². The van der Waals surface area contributed by atoms with Crippen LogP contribution in [-0.4, -0.2) is 152 Å². The smallest absolute Gasteiger partial charge is 0.155 e. The largest absolute Gasteiger partial charge is 0.381 e. The molecule has 0 bridgehead atoms. The van der Waals surface area contributed by atoms with Crippen molar-refractivity contribution in [3.8, 4) is 94.7 Å². The lowest BCUT2D eigenvalue weighted by Gasteiger charge is -2.00. The molecule has 0 aromatic rings. The summed E-state index contributed by atoms with van der Waals surface area (Å²) in [4.78, 5) is 83.2. The van der Waals surface area contributed by atoms with Gasteiger partial charge in [0.1, 0.15) is 70.2 Å². The minimum Gasteiger partial charge on any atom is -0.381 e. The van der Waals surface area contributed by atoms with E-state index < -0.39 is 0 Å². The fourth-order valence-electron chi connectivity index (χ4n) is 4.97. The molecule has 0 radical (unpaired) electrons. The molecular weight excluding hydrogens is 1130 g/mol. The molecule has 0 fully saturated rings. The standard InChI is InChI=1S/2C11H18O2.C10H16O2.2C9H14O2.2C8H12O2.C7H10O2/c1-3-4-5-6-7-9-13-10-8-11(2)12;1-3-4-5-6-7-8-9-13-10-11(2)12;1-3-4-5-6-7-8-12-9-10(2)11;1-3-4-7-11-8-5-6-9(2)10;1-3-4-5-6-7-11-8-9(2)10;1-3-4-6-10-7-5-8(2)9;1-3-4-5-6-10-7-8(2)9;1-3-4-5-9-6-7(2)8/h2*5-10H2,1-2H3;5-9H2,1-2H3;2*5-8H2,1-2H3;2*5-7H2,1-2H3;5-6H2,1-2H3. The summed E-state index contributed by atoms with van der Waals surface area (Å²) in [5.41, 5.74) is 0. The molecular formula is C73H114O16. The van der Waals surface area contributed by atoms with Crippen LogP contribution in [0.3, 0.4) is 0 Å². The zero-order valence-corrected chi connectivity index (χ0v) is 57.9. The Labute approximate surface area is 540 Å². The maximum absolute atomic E-state index is 10.5. The van der Waals surface area contributed by atoms with Crippen LogP contribution in [-0.2, 0) is 76.3 Å². The SMILES string of the molecule is CC#CCCCCCOCC(C)=O.CC#CCCCCOCC(C)=O.CC#CCCCCOCCC(C)=O.CC#CCCCOCC(C)=O.CC#CCCOCC(C)=O.CC#CCOCC(C)=O.CC#CCOCCC(C)=O.CC#CCOCCCC(C)=O. The highest BCUT2D eigenvalue weighted by molar-refractivity contribution is 5.78. The van der Waals surface area contributed by atoms with Gasteiger partial charge in [-0.15, -0.1) is 77.0 Å². The van der Waals surface area contributed by atoms with Crippen LogP contribution in [0.25, 0.3) is 0 Å². The maximum atomic E-state index is 10.5. The van der Waals surface area contributed by atoms with Gasteiger partial charge in [0.05, 0.1) is 19.8 Å². The van der Waals surface area contributed by atoms with Crippen molar-refractivity contribution in [1.82, 2.24) is 0 Å². The fourth-order valence-corrected chi connectivity index (χ4v) is 4.97. The van der Waals surface area contributed by atoms with E-state index in [9.17, 15) is 38.4 Å². The highest BCUT2D eigenvalue weighted by Gasteiger charge is 1.97. The van der Waals surface area contributed by atoms with Crippen molar-refractivity contribution in [1.29, 1.82) is 0 Å². The molecule has 0 heterocycles. The summed E-state index contributed by atoms with van der Waals surface area (Å²) in [6, 6.07) is 0. The Hall–Kier alpha value is -6.48. The first-order valence-corrected chi connectivity index (χ1v) is 30.4. The number of rotatable bonds is 41. The minimum atomic E-state index is 0.0351. The maximum Gasteiger partial charge on any atom is 0.155 e. The lowest BCUT2D eigenvalue weighted by molar-refractivity contribution is -0.122. The Morgan fingerprint density at radius 1 is 0.213 bits per heavy atom. The molecule has 0 rings (SSSR count). The number of Topliss-reactive ketones (excluding diaryl/α,β-unsaturated/α-hetero) is 8. The van der Waals surface area contributed by atoms with Gasteiger partial charge >= 0.3 is 0 Å². The zero-order chi connectivity index (χ0) is 68.9. The number of carbonyl (C=O) groups is 8. The summed E-state index contributed by atoms with van der Waals surface area (Å²) >= 11 is 0. The van der Waals surface area contributed by atoms with Crippen LogP contribution >= 0.6 is 0 Å². The molecule has 0 aromatic carbocycles. The van der Waals surface area contributed by atoms with Crippen LogP contribution in [0.4, 0.5) is 0 Å². The lowest BCUT2D eigenvalue weighted by atomic mass is 10.2. The quantitative estimate of drug-likeness (QED) is 0.0411. The van der Waals surface area contributed by atoms with E-state index in [0.29, 0.717) is 91.8 Å². The van der Waals surface area contributed by atoms with Gasteiger partial charge in [-0.05, 0) is 162 Å². The van der Waals surface area contributed by atoms with Gasteiger partial charge in [-0.1, -0.05) is 24.2 Å². The summed E-state index contributed by atoms with van der Waals surface area (Å²) in [6.45, 7) is 34.1. The average molecular weight is 1250 g/mol. The monoisotopic (exact) mass is 1250 g/mol. The highest BCUT2D eigenvalue weighted by atomic mass is 16.5. The van der Waals surface area contributed by atoms with Crippen molar-refractivity contribution < 1.29 is 76.3 Å². The number of ether oxygens (including phenoxy) is 8. The summed E-state index contributed by atoms with van der Waals surface area (Å²) < 4.78 is 40.3. The number of ketones is 8. The van der Waals surface area contributed by atoms with Gasteiger partial charge in [0.15, 0.2) is 28.9 Å². The van der Waals surface area contributed by atoms with E-state index in [2.05, 4.69) is 94.7 Å². The summed E-state index contributed by atoms with van der Waals surface area (Å²) in [5, 5.41) is 0. The Bertz CT molecular complexity index is 2150. The van der Waals surface area contributed by atoms with E-state index in [1.165, 1.54) is 34.6 Å². The molecule has 89 heavy (non-hydrogen) atoms. The van der Waals surface area contributed by atoms with Crippen molar-refractivity contribution in [2.75, 3.05) is 106 Å². The van der Waals surface area contributed by atoms with Crippen LogP contribution in [0.2, 0.25) is 0 Å². The Balaban J connectivity index is -0.000000141. The second-order valence-corrected chi connectivity index (χ2v) is 18.6. The number of hydrogen-bond donors (Lipinski definition) is 0. The minimum absolute atomic E-state index is 0.0351. The Morgan fingerprint density at radius 3 is 0.831 bits per heavy atom. The molecule has 0 aromatic heterocycles. The predicted molar refractivity (Wildman–Crippen MR) is 358 cm³/mol. The first kappa shape index (κ1) is 98.8. The number of unbranched alkanes of at least 4 members (excludes halogenated alkanes) is 8. The molecule has 0 atom stereocenters. The molecule has 502 valence electrons. The van der Waals surface area contributed by atoms with Crippen molar-refractivity contribution >= 4 is 46.3 Å². The third-order valence-corrected chi connectivity index (χ3v) is 9.21. The molecule has 16 nitrogen and oxygen atoms in total. The van der Waals surface area contributed by atoms with E-state index in [0.717, 1.165) is 90.1 Å². The second-order valence-electron chi connectivity index (χ2n) is 18.6. The van der Waals surface area contributed by atoms with E-state index in [-0.39, 0.29) is 79.3 Å². The predicted octanol–water partition coefficient (Wildman–Crippen LogP) is 11.6. The van der Waals surface area contributed by atoms with Crippen LogP contribution in [0.5, 0.6) is 0 Å². The van der Waals surface area contributed by atoms with Gasteiger partial charge in [-0.3, -0.25) is 33.6 Å². The van der Waals surface area contributed by atoms with E-state index >= 15 is 0 Å². The number of carbonyl (C=O) groups excluding carboxylic acids is 8. The zero-order valence-electron chi connectivity index (χ0n) is 57.9. The second kappa shape index (κ2) is 95.2. The lowest BCUT2D eigenvalue weighted by Crippen LogP contribution is -2.04. The van der Waals surface area contributed by atoms with E-state index in [1.54, 1.807) is 48.5 Å². The molecule has 0 aliphatic heterocycles. The summed E-state index contributed by atoms with van der Waals surface area (Å²) in [6.07, 6.45) is 15.2. The molecule has 0 saturated heterocycles. The normalized spacial score (nSPS) is 8.58. The number of hydrogen-bond acceptors (Lipinski definition) is 16. The van der Waals surface area contributed by atoms with Crippen molar-refractivity contribution in [2.24, 2.45) is 0 Å². The first-order chi connectivity index (χ1) is 42.7. The molecule has 0 aliphatic rings. The highest BCUT2D eigenvalue weighted by Crippen LogP contribution is 1.99. The van der Waals surface area contributed by atoms with Gasteiger partial charge in [0, 0.05) is 84.4 Å². The molecule has 0 spiro atoms. The third-order valence-electron chi connectivity index (χ3n) is 9.21. The van der Waals surface area contributed by atoms with Crippen LogP contribution in [0.1, 0.15) is 220 Å². The average Bonchev–Trinajstić information content (AvgIpc) is 3.48. The fraction of sp³-hybridized carbons (Fsp3) is 0.671. The Kier molecular flexibility index (Phi) is 106. The molecule has 16 heteroatoms. The topological polar surface area (TPSA) is 210 Å². The van der Waals surface area contributed by atoms with Crippen molar-refractivity contribution in [3.05, 3.63) is 0 Å². The van der Waals surface area contributed by atoms with Gasteiger partial charge in [-0.2, -0.15) is 0 Å². The molecule has 0 N–H and O–H groups in total.